The van der Waals surface area contributed by atoms with Crippen molar-refractivity contribution in [2.45, 2.75) is 20.4 Å². The highest BCUT2D eigenvalue weighted by molar-refractivity contribution is 6.30. The van der Waals surface area contributed by atoms with Crippen molar-refractivity contribution >= 4 is 22.5 Å². The van der Waals surface area contributed by atoms with Crippen LogP contribution in [0.2, 0.25) is 5.15 Å². The SMILES string of the molecule is Cc1ccc2cc(Cn3cnccc3=O)c(Cl)nc2c1C. The van der Waals surface area contributed by atoms with E-state index in [2.05, 4.69) is 16.0 Å². The molecule has 0 radical (unpaired) electrons. The Morgan fingerprint density at radius 3 is 2.81 bits per heavy atom. The second-order valence-electron chi connectivity index (χ2n) is 5.06. The first-order valence-electron chi connectivity index (χ1n) is 6.62. The van der Waals surface area contributed by atoms with E-state index in [0.29, 0.717) is 11.7 Å². The van der Waals surface area contributed by atoms with Crippen molar-refractivity contribution in [1.29, 1.82) is 0 Å². The topological polar surface area (TPSA) is 47.8 Å². The van der Waals surface area contributed by atoms with E-state index in [-0.39, 0.29) is 5.56 Å². The summed E-state index contributed by atoms with van der Waals surface area (Å²) in [7, 11) is 0. The standard InChI is InChI=1S/C16H14ClN3O/c1-10-3-4-12-7-13(16(17)19-15(12)11(10)2)8-20-9-18-6-5-14(20)21/h3-7,9H,8H2,1-2H3. The van der Waals surface area contributed by atoms with E-state index in [0.717, 1.165) is 22.0 Å². The second kappa shape index (κ2) is 5.30. The molecule has 0 amide bonds. The molecule has 0 aliphatic carbocycles. The van der Waals surface area contributed by atoms with Crippen LogP contribution in [0.5, 0.6) is 0 Å². The van der Waals surface area contributed by atoms with Gasteiger partial charge in [-0.2, -0.15) is 0 Å². The minimum Gasteiger partial charge on any atom is -0.295 e. The third-order valence-corrected chi connectivity index (χ3v) is 4.00. The van der Waals surface area contributed by atoms with Gasteiger partial charge in [0.1, 0.15) is 5.15 Å². The third-order valence-electron chi connectivity index (χ3n) is 3.67. The van der Waals surface area contributed by atoms with Gasteiger partial charge >= 0.3 is 0 Å². The zero-order valence-corrected chi connectivity index (χ0v) is 12.6. The Morgan fingerprint density at radius 2 is 2.05 bits per heavy atom. The average Bonchev–Trinajstić information content (AvgIpc) is 2.47. The molecule has 3 rings (SSSR count). The minimum absolute atomic E-state index is 0.110. The molecule has 0 N–H and O–H groups in total. The quantitative estimate of drug-likeness (QED) is 0.683. The average molecular weight is 300 g/mol. The molecule has 0 saturated heterocycles. The number of fused-ring (bicyclic) bond motifs is 1. The van der Waals surface area contributed by atoms with E-state index in [1.54, 1.807) is 0 Å². The van der Waals surface area contributed by atoms with Gasteiger partial charge in [-0.3, -0.25) is 9.36 Å². The molecule has 0 aliphatic heterocycles. The lowest BCUT2D eigenvalue weighted by atomic mass is 10.0. The summed E-state index contributed by atoms with van der Waals surface area (Å²) in [6.07, 6.45) is 2.98. The lowest BCUT2D eigenvalue weighted by Crippen LogP contribution is -2.19. The van der Waals surface area contributed by atoms with E-state index in [4.69, 9.17) is 11.6 Å². The van der Waals surface area contributed by atoms with Crippen LogP contribution >= 0.6 is 11.6 Å². The Morgan fingerprint density at radius 1 is 1.24 bits per heavy atom. The molecule has 0 saturated carbocycles. The molecule has 2 heterocycles. The molecule has 3 aromatic rings. The van der Waals surface area contributed by atoms with Gasteiger partial charge in [-0.15, -0.1) is 0 Å². The van der Waals surface area contributed by atoms with Gasteiger partial charge in [0.15, 0.2) is 0 Å². The molecule has 0 spiro atoms. The van der Waals surface area contributed by atoms with Crippen LogP contribution in [0.15, 0.2) is 41.6 Å². The van der Waals surface area contributed by atoms with Crippen LogP contribution in [-0.2, 0) is 6.54 Å². The molecule has 106 valence electrons. The lowest BCUT2D eigenvalue weighted by molar-refractivity contribution is 0.734. The number of aryl methyl sites for hydroxylation is 2. The van der Waals surface area contributed by atoms with Gasteiger partial charge in [-0.1, -0.05) is 23.7 Å². The minimum atomic E-state index is -0.110. The van der Waals surface area contributed by atoms with Crippen molar-refractivity contribution in [1.82, 2.24) is 14.5 Å². The molecule has 21 heavy (non-hydrogen) atoms. The van der Waals surface area contributed by atoms with E-state index in [9.17, 15) is 4.79 Å². The van der Waals surface area contributed by atoms with Crippen molar-refractivity contribution < 1.29 is 0 Å². The van der Waals surface area contributed by atoms with Crippen LogP contribution in [0, 0.1) is 13.8 Å². The van der Waals surface area contributed by atoms with E-state index >= 15 is 0 Å². The Balaban J connectivity index is 2.12. The fourth-order valence-corrected chi connectivity index (χ4v) is 2.49. The zero-order valence-electron chi connectivity index (χ0n) is 11.8. The van der Waals surface area contributed by atoms with Gasteiger partial charge in [0.25, 0.3) is 5.56 Å². The van der Waals surface area contributed by atoms with Crippen LogP contribution in [0.25, 0.3) is 10.9 Å². The Hall–Kier alpha value is -2.20. The molecule has 4 nitrogen and oxygen atoms in total. The van der Waals surface area contributed by atoms with Gasteiger partial charge in [0.05, 0.1) is 18.4 Å². The smallest absolute Gasteiger partial charge is 0.253 e. The summed E-state index contributed by atoms with van der Waals surface area (Å²) in [6, 6.07) is 7.50. The predicted octanol–water partition coefficient (Wildman–Crippen LogP) is 3.11. The molecule has 1 aromatic carbocycles. The summed E-state index contributed by atoms with van der Waals surface area (Å²) >= 11 is 6.28. The summed E-state index contributed by atoms with van der Waals surface area (Å²) in [5.74, 6) is 0. The number of rotatable bonds is 2. The van der Waals surface area contributed by atoms with Crippen LogP contribution in [0.3, 0.4) is 0 Å². The zero-order chi connectivity index (χ0) is 15.0. The van der Waals surface area contributed by atoms with Crippen molar-refractivity contribution in [3.05, 3.63) is 69.0 Å². The van der Waals surface area contributed by atoms with Crippen molar-refractivity contribution in [3.63, 3.8) is 0 Å². The third kappa shape index (κ3) is 2.54. The Kier molecular flexibility index (Phi) is 3.47. The molecule has 0 fully saturated rings. The normalized spacial score (nSPS) is 11.0. The van der Waals surface area contributed by atoms with Gasteiger partial charge in [0, 0.05) is 23.2 Å². The van der Waals surface area contributed by atoms with Gasteiger partial charge in [-0.25, -0.2) is 9.97 Å². The van der Waals surface area contributed by atoms with Crippen LogP contribution in [0.1, 0.15) is 16.7 Å². The first-order chi connectivity index (χ1) is 10.1. The molecular weight excluding hydrogens is 286 g/mol. The largest absolute Gasteiger partial charge is 0.295 e. The van der Waals surface area contributed by atoms with Gasteiger partial charge in [-0.05, 0) is 31.0 Å². The van der Waals surface area contributed by atoms with Gasteiger partial charge in [0.2, 0.25) is 0 Å². The Bertz CT molecular complexity index is 886. The number of halogens is 1. The predicted molar refractivity (Wildman–Crippen MR) is 83.8 cm³/mol. The maximum Gasteiger partial charge on any atom is 0.253 e. The highest BCUT2D eigenvalue weighted by Crippen LogP contribution is 2.25. The van der Waals surface area contributed by atoms with Crippen LogP contribution < -0.4 is 5.56 Å². The van der Waals surface area contributed by atoms with Crippen LogP contribution in [-0.4, -0.2) is 14.5 Å². The highest BCUT2D eigenvalue weighted by atomic mass is 35.5. The first-order valence-corrected chi connectivity index (χ1v) is 7.00. The Labute approximate surface area is 127 Å². The fourth-order valence-electron chi connectivity index (χ4n) is 2.30. The second-order valence-corrected chi connectivity index (χ2v) is 5.42. The number of aromatic nitrogens is 3. The van der Waals surface area contributed by atoms with E-state index < -0.39 is 0 Å². The molecule has 0 atom stereocenters. The number of benzene rings is 1. The molecule has 0 bridgehead atoms. The van der Waals surface area contributed by atoms with Crippen molar-refractivity contribution in [2.24, 2.45) is 0 Å². The molecule has 0 unspecified atom stereocenters. The molecule has 5 heteroatoms. The van der Waals surface area contributed by atoms with Crippen LogP contribution in [0.4, 0.5) is 0 Å². The summed E-state index contributed by atoms with van der Waals surface area (Å²) in [5.41, 5.74) is 3.91. The summed E-state index contributed by atoms with van der Waals surface area (Å²) < 4.78 is 1.51. The molecular formula is C16H14ClN3O. The summed E-state index contributed by atoms with van der Waals surface area (Å²) in [4.78, 5) is 20.2. The van der Waals surface area contributed by atoms with Crippen molar-refractivity contribution in [3.8, 4) is 0 Å². The van der Waals surface area contributed by atoms with Gasteiger partial charge < -0.3 is 0 Å². The summed E-state index contributed by atoms with van der Waals surface area (Å²) in [6.45, 7) is 4.45. The molecule has 2 aromatic heterocycles. The number of hydrogen-bond acceptors (Lipinski definition) is 3. The number of nitrogens with zero attached hydrogens (tertiary/aromatic N) is 3. The van der Waals surface area contributed by atoms with E-state index in [1.165, 1.54) is 28.7 Å². The number of hydrogen-bond donors (Lipinski definition) is 0. The van der Waals surface area contributed by atoms with E-state index in [1.807, 2.05) is 26.0 Å². The first kappa shape index (κ1) is 13.8. The summed E-state index contributed by atoms with van der Waals surface area (Å²) in [5, 5.41) is 1.45. The highest BCUT2D eigenvalue weighted by Gasteiger charge is 2.09. The monoisotopic (exact) mass is 299 g/mol. The fraction of sp³-hybridized carbons (Fsp3) is 0.188. The van der Waals surface area contributed by atoms with Crippen molar-refractivity contribution in [2.75, 3.05) is 0 Å². The lowest BCUT2D eigenvalue weighted by Gasteiger charge is -2.10. The maximum absolute atomic E-state index is 11.8. The molecule has 0 aliphatic rings. The number of pyridine rings is 1. The maximum atomic E-state index is 11.8.